The zero-order valence-electron chi connectivity index (χ0n) is 20.3. The maximum absolute atomic E-state index is 11.3. The summed E-state index contributed by atoms with van der Waals surface area (Å²) in [5, 5.41) is 23.7. The monoisotopic (exact) mass is 457 g/mol. The molecule has 0 radical (unpaired) electrons. The van der Waals surface area contributed by atoms with Gasteiger partial charge in [-0.1, -0.05) is 62.2 Å². The van der Waals surface area contributed by atoms with Gasteiger partial charge in [-0.3, -0.25) is 4.79 Å². The third-order valence-electron chi connectivity index (χ3n) is 7.41. The largest absolute Gasteiger partial charge is 0.481 e. The molecule has 0 saturated carbocycles. The molecule has 0 aromatic heterocycles. The minimum absolute atomic E-state index is 0.241. The highest BCUT2D eigenvalue weighted by Crippen LogP contribution is 2.46. The first-order chi connectivity index (χ1) is 16.0. The van der Waals surface area contributed by atoms with Gasteiger partial charge < -0.3 is 20.3 Å². The molecule has 5 atom stereocenters. The molecule has 5 heteroatoms. The van der Waals surface area contributed by atoms with Crippen LogP contribution in [0.25, 0.3) is 0 Å². The smallest absolute Gasteiger partial charge is 0.303 e. The van der Waals surface area contributed by atoms with Gasteiger partial charge in [0.1, 0.15) is 0 Å². The number of aliphatic carboxylic acids is 1. The van der Waals surface area contributed by atoms with E-state index in [1.807, 2.05) is 18.2 Å². The van der Waals surface area contributed by atoms with Crippen LogP contribution >= 0.6 is 0 Å². The Morgan fingerprint density at radius 3 is 2.64 bits per heavy atom. The van der Waals surface area contributed by atoms with Crippen molar-refractivity contribution in [2.45, 2.75) is 95.4 Å². The van der Waals surface area contributed by atoms with Crippen molar-refractivity contribution in [3.8, 4) is 0 Å². The molecule has 3 rings (SSSR count). The van der Waals surface area contributed by atoms with Crippen LogP contribution in [-0.4, -0.2) is 47.1 Å². The Balaban J connectivity index is 1.45. The average Bonchev–Trinajstić information content (AvgIpc) is 3.40. The number of hydrogen-bond acceptors (Lipinski definition) is 4. The van der Waals surface area contributed by atoms with Gasteiger partial charge in [-0.2, -0.15) is 0 Å². The average molecular weight is 458 g/mol. The van der Waals surface area contributed by atoms with Crippen LogP contribution in [0.4, 0.5) is 0 Å². The maximum Gasteiger partial charge on any atom is 0.303 e. The number of ether oxygens (including phenoxy) is 1. The van der Waals surface area contributed by atoms with Crippen LogP contribution in [0.1, 0.15) is 76.7 Å². The lowest BCUT2D eigenvalue weighted by Crippen LogP contribution is -2.43. The van der Waals surface area contributed by atoms with Crippen LogP contribution in [0, 0.1) is 11.8 Å². The summed E-state index contributed by atoms with van der Waals surface area (Å²) in [5.41, 5.74) is 0.482. The molecule has 2 fully saturated rings. The van der Waals surface area contributed by atoms with Crippen molar-refractivity contribution in [2.24, 2.45) is 11.8 Å². The first kappa shape index (κ1) is 25.9. The standard InChI is InChI=1S/C28H43NO4/c1-2-3-18-28(32,20-22-11-7-6-8-12-22)21-29-19-17-24-23(25-15-16-26(24)33-25)13-9-4-5-10-14-27(30)31/h4,6-9,11-12,23-26,29,32H,2-3,5,10,13-21H2,1H3,(H,30,31)/t23-,24+,25-,26+,28?/m1/s1. The zero-order valence-corrected chi connectivity index (χ0v) is 20.3. The van der Waals surface area contributed by atoms with Crippen molar-refractivity contribution < 1.29 is 19.7 Å². The molecule has 3 N–H and O–H groups in total. The van der Waals surface area contributed by atoms with E-state index in [9.17, 15) is 9.90 Å². The summed E-state index contributed by atoms with van der Waals surface area (Å²) in [6.07, 6.45) is 15.0. The fourth-order valence-electron chi connectivity index (χ4n) is 5.65. The number of carboxylic acids is 1. The summed E-state index contributed by atoms with van der Waals surface area (Å²) < 4.78 is 6.25. The topological polar surface area (TPSA) is 78.8 Å². The van der Waals surface area contributed by atoms with Crippen molar-refractivity contribution in [1.29, 1.82) is 0 Å². The lowest BCUT2D eigenvalue weighted by Gasteiger charge is -2.30. The van der Waals surface area contributed by atoms with E-state index >= 15 is 0 Å². The number of allylic oxidation sites excluding steroid dienone is 2. The zero-order chi connectivity index (χ0) is 23.5. The molecule has 33 heavy (non-hydrogen) atoms. The molecular formula is C28H43NO4. The van der Waals surface area contributed by atoms with Crippen molar-refractivity contribution in [1.82, 2.24) is 5.32 Å². The molecule has 1 unspecified atom stereocenters. The number of hydrogen-bond donors (Lipinski definition) is 3. The first-order valence-corrected chi connectivity index (χ1v) is 13.0. The second-order valence-electron chi connectivity index (χ2n) is 10.1. The minimum Gasteiger partial charge on any atom is -0.481 e. The van der Waals surface area contributed by atoms with E-state index in [0.29, 0.717) is 43.4 Å². The van der Waals surface area contributed by atoms with E-state index in [1.165, 1.54) is 18.4 Å². The highest BCUT2D eigenvalue weighted by atomic mass is 16.5. The Morgan fingerprint density at radius 2 is 1.91 bits per heavy atom. The normalized spacial score (nSPS) is 26.1. The summed E-state index contributed by atoms with van der Waals surface area (Å²) in [6, 6.07) is 10.3. The second-order valence-corrected chi connectivity index (χ2v) is 10.1. The molecule has 0 spiro atoms. The Labute approximate surface area is 199 Å². The molecule has 0 aliphatic carbocycles. The van der Waals surface area contributed by atoms with Crippen molar-refractivity contribution >= 4 is 5.97 Å². The predicted octanol–water partition coefficient (Wildman–Crippen LogP) is 5.12. The van der Waals surface area contributed by atoms with Gasteiger partial charge in [-0.25, -0.2) is 0 Å². The molecule has 184 valence electrons. The van der Waals surface area contributed by atoms with Crippen molar-refractivity contribution in [2.75, 3.05) is 13.1 Å². The molecule has 2 bridgehead atoms. The van der Waals surface area contributed by atoms with E-state index < -0.39 is 11.6 Å². The molecule has 2 heterocycles. The van der Waals surface area contributed by atoms with Gasteiger partial charge in [0.2, 0.25) is 0 Å². The number of benzene rings is 1. The van der Waals surface area contributed by atoms with Crippen LogP contribution in [0.5, 0.6) is 0 Å². The number of rotatable bonds is 16. The summed E-state index contributed by atoms with van der Waals surface area (Å²) in [6.45, 7) is 3.70. The molecule has 1 aromatic rings. The lowest BCUT2D eigenvalue weighted by atomic mass is 9.76. The van der Waals surface area contributed by atoms with E-state index in [0.717, 1.165) is 45.1 Å². The van der Waals surface area contributed by atoms with Crippen LogP contribution < -0.4 is 5.32 Å². The van der Waals surface area contributed by atoms with Crippen molar-refractivity contribution in [3.63, 3.8) is 0 Å². The fraction of sp³-hybridized carbons (Fsp3) is 0.679. The van der Waals surface area contributed by atoms with Gasteiger partial charge in [0.15, 0.2) is 0 Å². The lowest BCUT2D eigenvalue weighted by molar-refractivity contribution is -0.137. The molecule has 2 aliphatic rings. The van der Waals surface area contributed by atoms with Gasteiger partial charge in [0, 0.05) is 19.4 Å². The quantitative estimate of drug-likeness (QED) is 0.237. The molecule has 0 amide bonds. The van der Waals surface area contributed by atoms with Gasteiger partial charge >= 0.3 is 5.97 Å². The molecule has 2 saturated heterocycles. The first-order valence-electron chi connectivity index (χ1n) is 13.0. The summed E-state index contributed by atoms with van der Waals surface area (Å²) in [4.78, 5) is 10.6. The van der Waals surface area contributed by atoms with Gasteiger partial charge in [0.25, 0.3) is 0 Å². The Morgan fingerprint density at radius 1 is 1.15 bits per heavy atom. The number of unbranched alkanes of at least 4 members (excludes halogenated alkanes) is 2. The van der Waals surface area contributed by atoms with Gasteiger partial charge in [-0.15, -0.1) is 0 Å². The predicted molar refractivity (Wildman–Crippen MR) is 132 cm³/mol. The molecule has 1 aromatic carbocycles. The number of fused-ring (bicyclic) bond motifs is 2. The second kappa shape index (κ2) is 13.3. The number of nitrogens with one attached hydrogen (secondary N) is 1. The Hall–Kier alpha value is -1.69. The van der Waals surface area contributed by atoms with Crippen LogP contribution in [0.3, 0.4) is 0 Å². The molecular weight excluding hydrogens is 414 g/mol. The Bertz CT molecular complexity index is 737. The molecule has 2 aliphatic heterocycles. The fourth-order valence-corrected chi connectivity index (χ4v) is 5.65. The maximum atomic E-state index is 11.3. The van der Waals surface area contributed by atoms with E-state index in [2.05, 4.69) is 36.5 Å². The summed E-state index contributed by atoms with van der Waals surface area (Å²) in [7, 11) is 0. The van der Waals surface area contributed by atoms with Gasteiger partial charge in [-0.05, 0) is 68.9 Å². The van der Waals surface area contributed by atoms with Crippen LogP contribution in [-0.2, 0) is 16.0 Å². The van der Waals surface area contributed by atoms with E-state index in [-0.39, 0.29) is 6.42 Å². The Kier molecular flexibility index (Phi) is 10.4. The van der Waals surface area contributed by atoms with Crippen LogP contribution in [0.15, 0.2) is 42.5 Å². The van der Waals surface area contributed by atoms with Crippen molar-refractivity contribution in [3.05, 3.63) is 48.0 Å². The highest BCUT2D eigenvalue weighted by Gasteiger charge is 2.47. The summed E-state index contributed by atoms with van der Waals surface area (Å²) >= 11 is 0. The van der Waals surface area contributed by atoms with Gasteiger partial charge in [0.05, 0.1) is 17.8 Å². The highest BCUT2D eigenvalue weighted by molar-refractivity contribution is 5.66. The minimum atomic E-state index is -0.720. The third-order valence-corrected chi connectivity index (χ3v) is 7.41. The van der Waals surface area contributed by atoms with Crippen LogP contribution in [0.2, 0.25) is 0 Å². The number of carbonyl (C=O) groups is 1. The number of aliphatic hydroxyl groups is 1. The SMILES string of the molecule is CCCCC(O)(CNCC[C@H]1[C@@H](CC=CCCCC(=O)O)[C@H]2CC[C@@H]1O2)Cc1ccccc1. The third kappa shape index (κ3) is 8.24. The summed E-state index contributed by atoms with van der Waals surface area (Å²) in [5.74, 6) is 0.408. The van der Waals surface area contributed by atoms with E-state index in [4.69, 9.17) is 9.84 Å². The molecule has 5 nitrogen and oxygen atoms in total. The number of carboxylic acid groups (broad SMARTS) is 1. The van der Waals surface area contributed by atoms with E-state index in [1.54, 1.807) is 0 Å².